The van der Waals surface area contributed by atoms with Crippen molar-refractivity contribution in [2.24, 2.45) is 34.8 Å². The van der Waals surface area contributed by atoms with Crippen LogP contribution in [-0.4, -0.2) is 334 Å². The molecular weight excluding hydrogens is 1790 g/mol. The number of hydrogen-bond acceptors (Lipinski definition) is 28. The van der Waals surface area contributed by atoms with Gasteiger partial charge < -0.3 is 120 Å². The number of ketones is 1. The number of Topliss-reactive ketones (excluding diaryl/α,β-unsaturated/α-hetero) is 1. The van der Waals surface area contributed by atoms with E-state index in [1.54, 1.807) is 37.9 Å². The minimum atomic E-state index is -1.09. The second-order valence-electron chi connectivity index (χ2n) is 34.3. The van der Waals surface area contributed by atoms with E-state index in [1.807, 2.05) is 24.1 Å². The molecule has 20 amide bonds. The highest BCUT2D eigenvalue weighted by atomic mass is 32.2. The van der Waals surface area contributed by atoms with Crippen molar-refractivity contribution in [3.63, 3.8) is 0 Å². The Hall–Kier alpha value is -13.8. The van der Waals surface area contributed by atoms with E-state index >= 15 is 0 Å². The van der Waals surface area contributed by atoms with Crippen LogP contribution in [0.25, 0.3) is 0 Å². The van der Waals surface area contributed by atoms with Crippen LogP contribution in [0, 0.1) is 11.8 Å². The number of aromatic nitrogens is 9. The molecule has 18 atom stereocenters. The van der Waals surface area contributed by atoms with Crippen LogP contribution in [0.3, 0.4) is 0 Å². The summed E-state index contributed by atoms with van der Waals surface area (Å²) in [6.07, 6.45) is 19.1. The van der Waals surface area contributed by atoms with Crippen LogP contribution in [-0.2, 0) is 123 Å². The number of rotatable bonds is 29. The molecule has 14 heterocycles. The quantitative estimate of drug-likeness (QED) is 0.0199. The lowest BCUT2D eigenvalue weighted by Crippen LogP contribution is -2.61. The summed E-state index contributed by atoms with van der Waals surface area (Å²) in [4.78, 5) is 284. The standard InChI is InChI=1S/C18H25N5O4.C17H23N7O5.C17H24N6O4S.C16H22N4O4S.C15H20N6O4/c1-10-5-12(24)7-13(10)17(26)22-14(6-11-8-20-9-21-11)18(27)23-4-2-3-15(23)16(19)25;1-23-13(25)6-10(22-17(23)29)15(27)21-11(5-9-7-19-8-20-9)16(28)24-4-2-3-12(24)14(18)26;1-9-15(25)22-12(7-28-9)16(26)21-11(5-10-6-19-8-20-10)17(27)23-4-2-3-13(23)14(18)24;1-9-4-3-5-20(9)15(22)12(6-11-7-25-8-17-11)18-14(21)13-10(2)24-16(23)19-13;16-13(23)11-2-1-3-21(11)15(25)10(4-8-6-17-7-18-8)20-14(24)9-5-12(22)19-9/h8-10,13-15H,2-7H2,1H3,(H2,19,25)(H,20,21)(H,22,26);7-8,10-12H,2-6H2,1H3,(H2,18,26)(H,19,20)(H,21,27)(H,22,29);6,8-9,11-13H,2-5,7H2,1H3,(H2,18,24)(H,19,20)(H,21,26)(H,22,25);7-10,12-13H,3-6H2,1-2H3,(H,18,21)(H,19,23);6-7,9-11H,1-5H2,(H2,16,23)(H,17,18)(H,19,22)(H,20,24). The van der Waals surface area contributed by atoms with Crippen molar-refractivity contribution >= 4 is 141 Å². The van der Waals surface area contributed by atoms with Crippen LogP contribution in [0.2, 0.25) is 0 Å². The average Bonchev–Trinajstić information content (AvgIpc) is 1.55. The molecule has 21 N–H and O–H groups in total. The normalized spacial score (nSPS) is 25.0. The fraction of sp³-hybridized carbons (Fsp3) is 0.578. The van der Waals surface area contributed by atoms with E-state index in [2.05, 4.69) is 92.7 Å². The van der Waals surface area contributed by atoms with Gasteiger partial charge in [0.05, 0.1) is 54.6 Å². The second-order valence-corrected chi connectivity index (χ2v) is 36.4. The Bertz CT molecular complexity index is 5060. The lowest BCUT2D eigenvalue weighted by molar-refractivity contribution is -0.142. The molecule has 5 aromatic rings. The average molecular weight is 1900 g/mol. The van der Waals surface area contributed by atoms with Crippen molar-refractivity contribution in [3.05, 3.63) is 89.5 Å². The van der Waals surface area contributed by atoms with Gasteiger partial charge in [0.1, 0.15) is 90.4 Å². The van der Waals surface area contributed by atoms with Crippen molar-refractivity contribution in [3.8, 4) is 0 Å². The third-order valence-electron chi connectivity index (χ3n) is 24.7. The number of thioether (sulfide) groups is 1. The summed E-state index contributed by atoms with van der Waals surface area (Å²) in [6, 6.07) is -10.8. The minimum absolute atomic E-state index is 0.0504. The zero-order valence-corrected chi connectivity index (χ0v) is 76.1. The molecule has 15 rings (SSSR count). The number of β-lactam (4-membered cyclic amide) rings is 1. The predicted octanol–water partition coefficient (Wildman–Crippen LogP) is -5.60. The molecule has 0 aromatic carbocycles. The fourth-order valence-corrected chi connectivity index (χ4v) is 18.8. The van der Waals surface area contributed by atoms with Gasteiger partial charge in [-0.25, -0.2) is 34.5 Å². The van der Waals surface area contributed by atoms with Gasteiger partial charge in [0, 0.05) is 155 Å². The molecule has 9 saturated heterocycles. The zero-order chi connectivity index (χ0) is 96.9. The first-order valence-electron chi connectivity index (χ1n) is 44.2. The number of cyclic esters (lactones) is 1. The monoisotopic (exact) mass is 1900 g/mol. The van der Waals surface area contributed by atoms with E-state index in [0.717, 1.165) is 23.4 Å². The maximum Gasteiger partial charge on any atom is 0.408 e. The van der Waals surface area contributed by atoms with E-state index in [1.165, 1.54) is 81.3 Å². The molecule has 0 spiro atoms. The van der Waals surface area contributed by atoms with Gasteiger partial charge in [0.15, 0.2) is 0 Å². The van der Waals surface area contributed by atoms with Gasteiger partial charge in [-0.1, -0.05) is 6.92 Å². The number of amides is 20. The third kappa shape index (κ3) is 26.4. The Morgan fingerprint density at radius 2 is 0.836 bits per heavy atom. The molecule has 724 valence electrons. The molecule has 1 aliphatic carbocycles. The number of nitrogens with one attached hydrogen (secondary N) is 13. The second kappa shape index (κ2) is 46.5. The van der Waals surface area contributed by atoms with Gasteiger partial charge in [0.2, 0.25) is 100 Å². The van der Waals surface area contributed by atoms with E-state index in [-0.39, 0.29) is 109 Å². The lowest BCUT2D eigenvalue weighted by atomic mass is 9.96. The number of urea groups is 1. The number of imide groups is 1. The van der Waals surface area contributed by atoms with Gasteiger partial charge in [-0.15, -0.1) is 23.1 Å². The molecule has 1 saturated carbocycles. The SMILES string of the molecule is CC1CC(=O)CC1C(=O)NC(Cc1cnc[nH]1)C(=O)N1CCCC1C(N)=O.CC1OC(=O)NC1C(=O)NC(Cc1cscn1)C(=O)N1CCCC1C.CC1SCC(C(=O)NC(Cc2cnc[nH]2)C(=O)N2CCCC2C(N)=O)NC1=O.CN1C(=O)CC(C(=O)NC(Cc2cnc[nH]2)C(=O)N2CCCC2C(N)=O)NC1=O.NC(=O)C1CCCN1C(=O)C(Cc1cnc[nH]1)NC(=O)C1CC(=O)N1. The van der Waals surface area contributed by atoms with Gasteiger partial charge >= 0.3 is 12.1 Å². The maximum absolute atomic E-state index is 13.1. The molecule has 9 aliphatic heterocycles. The minimum Gasteiger partial charge on any atom is -0.444 e. The number of H-pyrrole nitrogens is 4. The Morgan fingerprint density at radius 3 is 1.17 bits per heavy atom. The number of aromatic amines is 4. The van der Waals surface area contributed by atoms with E-state index in [9.17, 15) is 95.9 Å². The smallest absolute Gasteiger partial charge is 0.408 e. The first kappa shape index (κ1) is 101. The van der Waals surface area contributed by atoms with Crippen molar-refractivity contribution in [1.82, 2.24) is 122 Å². The van der Waals surface area contributed by atoms with E-state index in [4.69, 9.17) is 27.7 Å². The highest BCUT2D eigenvalue weighted by Crippen LogP contribution is 2.31. The van der Waals surface area contributed by atoms with Crippen molar-refractivity contribution in [2.45, 2.75) is 246 Å². The Kier molecular flexibility index (Phi) is 35.0. The number of hydrogen-bond donors (Lipinski definition) is 17. The van der Waals surface area contributed by atoms with Crippen LogP contribution in [0.1, 0.15) is 146 Å². The van der Waals surface area contributed by atoms with Crippen molar-refractivity contribution in [2.75, 3.05) is 45.5 Å². The van der Waals surface area contributed by atoms with Crippen LogP contribution in [0.4, 0.5) is 9.59 Å². The largest absolute Gasteiger partial charge is 0.444 e. The Morgan fingerprint density at radius 1 is 0.455 bits per heavy atom. The molecule has 49 nitrogen and oxygen atoms in total. The van der Waals surface area contributed by atoms with Crippen LogP contribution in [0.5, 0.6) is 0 Å². The summed E-state index contributed by atoms with van der Waals surface area (Å²) in [5.74, 6) is -7.02. The number of nitrogens with two attached hydrogens (primary N) is 4. The Labute approximate surface area is 775 Å². The number of carbonyl (C=O) groups excluding carboxylic acids is 20. The molecular formula is C83H114N28O21S2. The molecule has 0 radical (unpaired) electrons. The number of imidazole rings is 4. The van der Waals surface area contributed by atoms with Crippen LogP contribution >= 0.6 is 23.1 Å². The molecule has 51 heteroatoms. The summed E-state index contributed by atoms with van der Waals surface area (Å²) in [7, 11) is 1.31. The van der Waals surface area contributed by atoms with Gasteiger partial charge in [-0.3, -0.25) is 91.2 Å². The lowest BCUT2D eigenvalue weighted by Gasteiger charge is -2.31. The predicted molar refractivity (Wildman–Crippen MR) is 471 cm³/mol. The highest BCUT2D eigenvalue weighted by molar-refractivity contribution is 8.00. The highest BCUT2D eigenvalue weighted by Gasteiger charge is 2.47. The van der Waals surface area contributed by atoms with E-state index in [0.29, 0.717) is 125 Å². The number of thiazole rings is 1. The third-order valence-corrected chi connectivity index (χ3v) is 26.6. The number of likely N-dealkylation sites (tertiary alicyclic amines) is 5. The Balaban J connectivity index is 0.000000161. The topological polar surface area (TPSA) is 710 Å². The van der Waals surface area contributed by atoms with Gasteiger partial charge in [-0.05, 0) is 90.9 Å². The summed E-state index contributed by atoms with van der Waals surface area (Å²) >= 11 is 2.83. The van der Waals surface area contributed by atoms with Crippen molar-refractivity contribution < 1.29 is 101 Å². The van der Waals surface area contributed by atoms with Gasteiger partial charge in [-0.2, -0.15) is 0 Å². The molecule has 5 aromatic heterocycles. The van der Waals surface area contributed by atoms with Crippen LogP contribution in [0.15, 0.2) is 61.0 Å². The maximum atomic E-state index is 13.1. The molecule has 18 unspecified atom stereocenters. The number of ether oxygens (including phenoxy) is 1. The first-order chi connectivity index (χ1) is 63.9. The summed E-state index contributed by atoms with van der Waals surface area (Å²) < 4.78 is 4.94. The first-order valence-corrected chi connectivity index (χ1v) is 46.2. The molecule has 0 bridgehead atoms. The van der Waals surface area contributed by atoms with Crippen molar-refractivity contribution in [1.29, 1.82) is 0 Å². The number of carbonyl (C=O) groups is 20. The number of primary amides is 4. The molecule has 134 heavy (non-hydrogen) atoms. The number of alkyl carbamates (subject to hydrolysis) is 1. The van der Waals surface area contributed by atoms with E-state index < -0.39 is 162 Å². The zero-order valence-electron chi connectivity index (χ0n) is 74.5. The molecule has 10 fully saturated rings. The summed E-state index contributed by atoms with van der Waals surface area (Å²) in [5.41, 5.74) is 26.7. The van der Waals surface area contributed by atoms with Crippen LogP contribution < -0.4 is 70.8 Å². The van der Waals surface area contributed by atoms with Gasteiger partial charge in [0.25, 0.3) is 0 Å². The fourth-order valence-electron chi connectivity index (χ4n) is 17.3. The number of nitrogens with zero attached hydrogens (tertiary/aromatic N) is 11. The summed E-state index contributed by atoms with van der Waals surface area (Å²) in [5, 5.41) is 25.3. The summed E-state index contributed by atoms with van der Waals surface area (Å²) in [6.45, 7) is 9.61. The molecule has 10 aliphatic rings.